The van der Waals surface area contributed by atoms with Gasteiger partial charge >= 0.3 is 0 Å². The normalized spacial score (nSPS) is 19.5. The number of amides is 1. The molecule has 4 aromatic rings. The number of fused-ring (bicyclic) bond motifs is 1. The van der Waals surface area contributed by atoms with Gasteiger partial charge in [0.15, 0.2) is 10.9 Å². The van der Waals surface area contributed by atoms with Gasteiger partial charge in [-0.15, -0.1) is 5.10 Å². The van der Waals surface area contributed by atoms with Crippen LogP contribution in [-0.4, -0.2) is 91.9 Å². The van der Waals surface area contributed by atoms with Gasteiger partial charge in [0.25, 0.3) is 0 Å². The van der Waals surface area contributed by atoms with Gasteiger partial charge in [-0.25, -0.2) is 14.4 Å². The molecule has 4 N–H and O–H groups in total. The Labute approximate surface area is 243 Å². The van der Waals surface area contributed by atoms with E-state index in [1.54, 1.807) is 21.5 Å². The van der Waals surface area contributed by atoms with E-state index in [1.165, 1.54) is 34.8 Å². The first-order valence-corrected chi connectivity index (χ1v) is 14.9. The minimum absolute atomic E-state index is 0.0119. The largest absolute Gasteiger partial charge is 0.389 e. The molecule has 2 fully saturated rings. The number of nitriles is 1. The molecule has 2 atom stereocenters. The van der Waals surface area contributed by atoms with Crippen molar-refractivity contribution in [1.29, 1.82) is 5.26 Å². The molecule has 15 heteroatoms. The van der Waals surface area contributed by atoms with Crippen LogP contribution in [0.4, 0.5) is 20.5 Å². The molecular weight excluding hydrogens is 567 g/mol. The highest BCUT2D eigenvalue weighted by Crippen LogP contribution is 2.38. The number of hydrogen-bond donors (Lipinski definition) is 3. The SMILES string of the molecule is CCc1nc2sc(N[C@H]3CC(N)N(CC(=O)N4CC(O)C4)C3)nn2c1N(C)c1nc(-c2ccc(F)cc2)c(C#N)s1. The van der Waals surface area contributed by atoms with Crippen molar-refractivity contribution < 1.29 is 14.3 Å². The third kappa shape index (κ3) is 5.24. The molecular formula is C26H29FN10O2S2. The summed E-state index contributed by atoms with van der Waals surface area (Å²) in [5.41, 5.74) is 8.35. The first-order chi connectivity index (χ1) is 19.7. The summed E-state index contributed by atoms with van der Waals surface area (Å²) in [6.07, 6.45) is 0.651. The van der Waals surface area contributed by atoms with Crippen molar-refractivity contribution in [3.63, 3.8) is 0 Å². The maximum absolute atomic E-state index is 13.5. The zero-order valence-corrected chi connectivity index (χ0v) is 24.1. The van der Waals surface area contributed by atoms with Crippen molar-refractivity contribution in [2.24, 2.45) is 5.73 Å². The Hall–Kier alpha value is -3.68. The maximum atomic E-state index is 13.5. The molecule has 0 bridgehead atoms. The smallest absolute Gasteiger partial charge is 0.236 e. The quantitative estimate of drug-likeness (QED) is 0.276. The maximum Gasteiger partial charge on any atom is 0.236 e. The molecule has 2 aliphatic heterocycles. The second kappa shape index (κ2) is 11.0. The number of benzene rings is 1. The number of thiazole rings is 1. The van der Waals surface area contributed by atoms with Crippen LogP contribution in [0.2, 0.25) is 0 Å². The Morgan fingerprint density at radius 1 is 1.27 bits per heavy atom. The lowest BCUT2D eigenvalue weighted by molar-refractivity contribution is -0.142. The number of β-amino-alcohol motifs (C(OH)–C–C–N with tert-alkyl or cyclic N) is 1. The van der Waals surface area contributed by atoms with Crippen molar-refractivity contribution in [1.82, 2.24) is 29.4 Å². The van der Waals surface area contributed by atoms with Crippen LogP contribution < -0.4 is 16.0 Å². The minimum atomic E-state index is -0.428. The van der Waals surface area contributed by atoms with Gasteiger partial charge in [0.1, 0.15) is 22.5 Å². The average Bonchev–Trinajstić information content (AvgIpc) is 3.69. The summed E-state index contributed by atoms with van der Waals surface area (Å²) < 4.78 is 15.2. The monoisotopic (exact) mass is 596 g/mol. The van der Waals surface area contributed by atoms with Gasteiger partial charge in [-0.05, 0) is 37.1 Å². The molecule has 1 aromatic carbocycles. The molecule has 214 valence electrons. The minimum Gasteiger partial charge on any atom is -0.389 e. The van der Waals surface area contributed by atoms with E-state index < -0.39 is 6.10 Å². The zero-order valence-electron chi connectivity index (χ0n) is 22.5. The first kappa shape index (κ1) is 27.5. The summed E-state index contributed by atoms with van der Waals surface area (Å²) in [4.78, 5) is 28.6. The van der Waals surface area contributed by atoms with Gasteiger partial charge in [-0.2, -0.15) is 9.78 Å². The Balaban J connectivity index is 1.21. The molecule has 2 saturated heterocycles. The van der Waals surface area contributed by atoms with Crippen LogP contribution in [-0.2, 0) is 11.2 Å². The van der Waals surface area contributed by atoms with E-state index >= 15 is 0 Å². The average molecular weight is 597 g/mol. The number of rotatable bonds is 8. The summed E-state index contributed by atoms with van der Waals surface area (Å²) in [5.74, 6) is 0.376. The molecule has 1 unspecified atom stereocenters. The van der Waals surface area contributed by atoms with Crippen molar-refractivity contribution in [2.45, 2.75) is 38.1 Å². The molecule has 2 aliphatic rings. The summed E-state index contributed by atoms with van der Waals surface area (Å²) >= 11 is 2.68. The number of hydrogen-bond acceptors (Lipinski definition) is 12. The number of nitrogens with two attached hydrogens (primary N) is 1. The number of carbonyl (C=O) groups excluding carboxylic acids is 1. The number of anilines is 3. The van der Waals surface area contributed by atoms with E-state index in [0.717, 1.165) is 11.5 Å². The highest BCUT2D eigenvalue weighted by molar-refractivity contribution is 7.20. The molecule has 0 radical (unpaired) electrons. The highest BCUT2D eigenvalue weighted by Gasteiger charge is 2.35. The number of nitrogens with zero attached hydrogens (tertiary/aromatic N) is 8. The Morgan fingerprint density at radius 3 is 2.71 bits per heavy atom. The van der Waals surface area contributed by atoms with E-state index in [4.69, 9.17) is 20.8 Å². The van der Waals surface area contributed by atoms with Crippen LogP contribution in [0.25, 0.3) is 16.2 Å². The van der Waals surface area contributed by atoms with E-state index in [1.807, 2.05) is 23.8 Å². The summed E-state index contributed by atoms with van der Waals surface area (Å²) in [6, 6.07) is 8.16. The van der Waals surface area contributed by atoms with Gasteiger partial charge in [0.2, 0.25) is 16.0 Å². The second-order valence-corrected chi connectivity index (χ2v) is 12.1. The standard InChI is InChI=1S/C26H29FN10O2S2/c1-3-18-23(34(2)25-32-22(19(9-28)40-25)14-4-6-15(27)7-5-14)37-26(31-18)41-24(33-37)30-16-8-20(29)35(10-16)13-21(39)36-11-17(38)12-36/h4-7,16-17,20,38H,3,8,10-13,29H2,1-2H3,(H,30,33)/t16-,20?/m0/s1. The van der Waals surface area contributed by atoms with E-state index in [2.05, 4.69) is 11.4 Å². The number of aryl methyl sites for hydroxylation is 1. The predicted molar refractivity (Wildman–Crippen MR) is 155 cm³/mol. The third-order valence-electron chi connectivity index (χ3n) is 7.35. The van der Waals surface area contributed by atoms with Crippen molar-refractivity contribution in [2.75, 3.05) is 43.4 Å². The molecule has 1 amide bonds. The lowest BCUT2D eigenvalue weighted by atomic mass is 10.1. The Kier molecular flexibility index (Phi) is 7.34. The molecule has 3 aromatic heterocycles. The van der Waals surface area contributed by atoms with Crippen molar-refractivity contribution >= 4 is 49.6 Å². The Morgan fingerprint density at radius 2 is 2.02 bits per heavy atom. The van der Waals surface area contributed by atoms with Gasteiger partial charge in [-0.1, -0.05) is 29.6 Å². The molecule has 5 heterocycles. The summed E-state index contributed by atoms with van der Waals surface area (Å²) in [6.45, 7) is 3.60. The second-order valence-electron chi connectivity index (χ2n) is 10.2. The van der Waals surface area contributed by atoms with Crippen LogP contribution in [0.3, 0.4) is 0 Å². The number of likely N-dealkylation sites (tertiary alicyclic amines) is 2. The molecule has 0 saturated carbocycles. The fourth-order valence-electron chi connectivity index (χ4n) is 5.16. The number of halogens is 1. The Bertz CT molecular complexity index is 1620. The van der Waals surface area contributed by atoms with Gasteiger partial charge < -0.3 is 26.0 Å². The lowest BCUT2D eigenvalue weighted by Crippen LogP contribution is -2.56. The zero-order chi connectivity index (χ0) is 28.8. The number of imidazole rings is 1. The van der Waals surface area contributed by atoms with Crippen molar-refractivity contribution in [3.05, 3.63) is 40.7 Å². The molecule has 41 heavy (non-hydrogen) atoms. The topological polar surface area (TPSA) is 152 Å². The van der Waals surface area contributed by atoms with E-state index in [9.17, 15) is 19.6 Å². The fraction of sp³-hybridized carbons (Fsp3) is 0.423. The van der Waals surface area contributed by atoms with Gasteiger partial charge in [-0.3, -0.25) is 9.69 Å². The van der Waals surface area contributed by atoms with Crippen LogP contribution >= 0.6 is 22.7 Å². The number of nitrogens with one attached hydrogen (secondary N) is 1. The van der Waals surface area contributed by atoms with Crippen LogP contribution in [0.15, 0.2) is 24.3 Å². The molecule has 12 nitrogen and oxygen atoms in total. The molecule has 6 rings (SSSR count). The van der Waals surface area contributed by atoms with Crippen LogP contribution in [0, 0.1) is 17.1 Å². The number of aliphatic hydroxyl groups excluding tert-OH is 1. The lowest BCUT2D eigenvalue weighted by Gasteiger charge is -2.37. The van der Waals surface area contributed by atoms with Crippen LogP contribution in [0.5, 0.6) is 0 Å². The molecule has 0 aliphatic carbocycles. The fourth-order valence-corrected chi connectivity index (χ4v) is 6.90. The number of aliphatic hydroxyl groups is 1. The summed E-state index contributed by atoms with van der Waals surface area (Å²) in [5, 5.41) is 28.8. The number of aromatic nitrogens is 4. The van der Waals surface area contributed by atoms with Gasteiger partial charge in [0, 0.05) is 38.3 Å². The highest BCUT2D eigenvalue weighted by atomic mass is 32.1. The predicted octanol–water partition coefficient (Wildman–Crippen LogP) is 2.23. The van der Waals surface area contributed by atoms with E-state index in [0.29, 0.717) is 63.8 Å². The number of carbonyl (C=O) groups is 1. The van der Waals surface area contributed by atoms with Gasteiger partial charge in [0.05, 0.1) is 24.5 Å². The summed E-state index contributed by atoms with van der Waals surface area (Å²) in [7, 11) is 1.87. The van der Waals surface area contributed by atoms with Crippen LogP contribution in [0.1, 0.15) is 23.9 Å². The van der Waals surface area contributed by atoms with E-state index in [-0.39, 0.29) is 30.5 Å². The first-order valence-electron chi connectivity index (χ1n) is 13.2. The third-order valence-corrected chi connectivity index (χ3v) is 9.23. The van der Waals surface area contributed by atoms with Crippen molar-refractivity contribution in [3.8, 4) is 17.3 Å². The molecule has 0 spiro atoms.